The summed E-state index contributed by atoms with van der Waals surface area (Å²) in [7, 11) is 0. The highest BCUT2D eigenvalue weighted by Crippen LogP contribution is 2.23. The SMILES string of the molecule is CSc1nc(Cl)cc(N2CCC[C@@H](NC(=O)OC(C)(C)C)C2)n1. The van der Waals surface area contributed by atoms with Gasteiger partial charge in [-0.15, -0.1) is 0 Å². The number of amides is 1. The molecule has 2 rings (SSSR count). The Hall–Kier alpha value is -1.21. The van der Waals surface area contributed by atoms with Gasteiger partial charge in [-0.2, -0.15) is 0 Å². The maximum absolute atomic E-state index is 11.9. The number of hydrogen-bond acceptors (Lipinski definition) is 6. The molecule has 0 aliphatic carbocycles. The number of anilines is 1. The molecule has 0 bridgehead atoms. The van der Waals surface area contributed by atoms with Gasteiger partial charge >= 0.3 is 6.09 Å². The predicted octanol–water partition coefficient (Wildman–Crippen LogP) is 3.35. The van der Waals surface area contributed by atoms with Crippen LogP contribution in [-0.4, -0.2) is 47.0 Å². The molecule has 1 fully saturated rings. The van der Waals surface area contributed by atoms with Crippen molar-refractivity contribution in [1.29, 1.82) is 0 Å². The van der Waals surface area contributed by atoms with Crippen molar-refractivity contribution in [2.24, 2.45) is 0 Å². The highest BCUT2D eigenvalue weighted by Gasteiger charge is 2.25. The van der Waals surface area contributed by atoms with Crippen molar-refractivity contribution in [2.45, 2.75) is 50.4 Å². The summed E-state index contributed by atoms with van der Waals surface area (Å²) in [5.74, 6) is 0.796. The second-order valence-corrected chi connectivity index (χ2v) is 7.63. The number of hydrogen-bond donors (Lipinski definition) is 1. The molecule has 0 aromatic carbocycles. The van der Waals surface area contributed by atoms with Crippen LogP contribution in [0.25, 0.3) is 0 Å². The number of nitrogens with one attached hydrogen (secondary N) is 1. The van der Waals surface area contributed by atoms with E-state index in [0.717, 1.165) is 25.2 Å². The molecule has 1 aromatic heterocycles. The van der Waals surface area contributed by atoms with Gasteiger partial charge in [0.2, 0.25) is 0 Å². The van der Waals surface area contributed by atoms with Crippen LogP contribution in [0.4, 0.5) is 10.6 Å². The topological polar surface area (TPSA) is 67.4 Å². The van der Waals surface area contributed by atoms with Crippen LogP contribution >= 0.6 is 23.4 Å². The Bertz CT molecular complexity index is 565. The molecule has 0 radical (unpaired) electrons. The number of rotatable bonds is 3. The van der Waals surface area contributed by atoms with E-state index < -0.39 is 5.60 Å². The molecular weight excluding hydrogens is 336 g/mol. The van der Waals surface area contributed by atoms with E-state index in [4.69, 9.17) is 16.3 Å². The number of carbonyl (C=O) groups is 1. The van der Waals surface area contributed by atoms with Gasteiger partial charge in [0.05, 0.1) is 0 Å². The largest absolute Gasteiger partial charge is 0.444 e. The summed E-state index contributed by atoms with van der Waals surface area (Å²) in [6, 6.07) is 1.79. The summed E-state index contributed by atoms with van der Waals surface area (Å²) in [4.78, 5) is 22.7. The van der Waals surface area contributed by atoms with Crippen molar-refractivity contribution in [2.75, 3.05) is 24.2 Å². The Morgan fingerprint density at radius 2 is 2.22 bits per heavy atom. The smallest absolute Gasteiger partial charge is 0.407 e. The molecular formula is C15H23ClN4O2S. The van der Waals surface area contributed by atoms with E-state index in [1.807, 2.05) is 27.0 Å². The van der Waals surface area contributed by atoms with Gasteiger partial charge < -0.3 is 15.0 Å². The average molecular weight is 359 g/mol. The van der Waals surface area contributed by atoms with E-state index in [9.17, 15) is 4.79 Å². The van der Waals surface area contributed by atoms with Crippen molar-refractivity contribution < 1.29 is 9.53 Å². The van der Waals surface area contributed by atoms with E-state index in [2.05, 4.69) is 20.2 Å². The molecule has 1 saturated heterocycles. The Labute approximate surface area is 146 Å². The molecule has 128 valence electrons. The predicted molar refractivity (Wildman–Crippen MR) is 93.4 cm³/mol. The second-order valence-electron chi connectivity index (χ2n) is 6.47. The summed E-state index contributed by atoms with van der Waals surface area (Å²) in [6.45, 7) is 7.12. The maximum atomic E-state index is 11.9. The molecule has 0 spiro atoms. The van der Waals surface area contributed by atoms with Crippen LogP contribution in [0, 0.1) is 0 Å². The monoisotopic (exact) mass is 358 g/mol. The van der Waals surface area contributed by atoms with Crippen LogP contribution in [0.2, 0.25) is 5.15 Å². The fourth-order valence-electron chi connectivity index (χ4n) is 2.42. The summed E-state index contributed by atoms with van der Waals surface area (Å²) in [5, 5.41) is 4.01. The minimum absolute atomic E-state index is 0.0325. The Balaban J connectivity index is 2.01. The Morgan fingerprint density at radius 3 is 2.87 bits per heavy atom. The Kier molecular flexibility index (Phi) is 5.97. The molecule has 23 heavy (non-hydrogen) atoms. The third-order valence-electron chi connectivity index (χ3n) is 3.31. The molecule has 2 heterocycles. The fourth-order valence-corrected chi connectivity index (χ4v) is 3.02. The number of alkyl carbamates (subject to hydrolysis) is 1. The first-order chi connectivity index (χ1) is 10.8. The third kappa shape index (κ3) is 5.73. The van der Waals surface area contributed by atoms with Crippen molar-refractivity contribution in [3.05, 3.63) is 11.2 Å². The standard InChI is InChI=1S/C15H23ClN4O2S/c1-15(2,3)22-14(21)17-10-6-5-7-20(9-10)12-8-11(16)18-13(19-12)23-4/h8,10H,5-7,9H2,1-4H3,(H,17,21)/t10-/m1/s1. The fraction of sp³-hybridized carbons (Fsp3) is 0.667. The zero-order valence-corrected chi connectivity index (χ0v) is 15.5. The number of nitrogens with zero attached hydrogens (tertiary/aromatic N) is 3. The lowest BCUT2D eigenvalue weighted by molar-refractivity contribution is 0.0500. The molecule has 1 aromatic rings. The lowest BCUT2D eigenvalue weighted by Gasteiger charge is -2.34. The number of thioether (sulfide) groups is 1. The van der Waals surface area contributed by atoms with Gasteiger partial charge in [0.1, 0.15) is 16.6 Å². The summed E-state index contributed by atoms with van der Waals surface area (Å²) < 4.78 is 5.32. The first kappa shape index (κ1) is 18.1. The molecule has 1 aliphatic rings. The van der Waals surface area contributed by atoms with Gasteiger partial charge in [0, 0.05) is 25.2 Å². The molecule has 0 saturated carbocycles. The summed E-state index contributed by atoms with van der Waals surface area (Å²) >= 11 is 7.52. The van der Waals surface area contributed by atoms with Crippen molar-refractivity contribution in [3.8, 4) is 0 Å². The highest BCUT2D eigenvalue weighted by molar-refractivity contribution is 7.98. The van der Waals surface area contributed by atoms with E-state index in [1.165, 1.54) is 11.8 Å². The van der Waals surface area contributed by atoms with Gasteiger partial charge in [-0.25, -0.2) is 14.8 Å². The van der Waals surface area contributed by atoms with E-state index in [-0.39, 0.29) is 12.1 Å². The van der Waals surface area contributed by atoms with Crippen LogP contribution in [0.5, 0.6) is 0 Å². The minimum atomic E-state index is -0.494. The molecule has 6 nitrogen and oxygen atoms in total. The van der Waals surface area contributed by atoms with E-state index in [0.29, 0.717) is 16.9 Å². The van der Waals surface area contributed by atoms with Crippen molar-refractivity contribution >= 4 is 35.3 Å². The molecule has 1 atom stereocenters. The van der Waals surface area contributed by atoms with Gasteiger partial charge in [0.15, 0.2) is 5.16 Å². The lowest BCUT2D eigenvalue weighted by atomic mass is 10.1. The van der Waals surface area contributed by atoms with Crippen molar-refractivity contribution in [3.63, 3.8) is 0 Å². The number of halogens is 1. The van der Waals surface area contributed by atoms with Gasteiger partial charge in [-0.05, 0) is 39.9 Å². The molecule has 8 heteroatoms. The number of piperidine rings is 1. The molecule has 1 N–H and O–H groups in total. The second kappa shape index (κ2) is 7.57. The number of ether oxygens (including phenoxy) is 1. The zero-order valence-electron chi connectivity index (χ0n) is 13.9. The van der Waals surface area contributed by atoms with Crippen molar-refractivity contribution in [1.82, 2.24) is 15.3 Å². The van der Waals surface area contributed by atoms with Crippen LogP contribution in [0.15, 0.2) is 11.2 Å². The van der Waals surface area contributed by atoms with Crippen LogP contribution in [0.3, 0.4) is 0 Å². The number of aromatic nitrogens is 2. The maximum Gasteiger partial charge on any atom is 0.407 e. The van der Waals surface area contributed by atoms with Crippen LogP contribution < -0.4 is 10.2 Å². The highest BCUT2D eigenvalue weighted by atomic mass is 35.5. The third-order valence-corrected chi connectivity index (χ3v) is 4.05. The lowest BCUT2D eigenvalue weighted by Crippen LogP contribution is -2.49. The Morgan fingerprint density at radius 1 is 1.48 bits per heavy atom. The van der Waals surface area contributed by atoms with Gasteiger partial charge in [-0.1, -0.05) is 23.4 Å². The summed E-state index contributed by atoms with van der Waals surface area (Å²) in [6.07, 6.45) is 3.42. The number of carbonyl (C=O) groups excluding carboxylic acids is 1. The van der Waals surface area contributed by atoms with Crippen LogP contribution in [0.1, 0.15) is 33.6 Å². The van der Waals surface area contributed by atoms with Gasteiger partial charge in [-0.3, -0.25) is 0 Å². The van der Waals surface area contributed by atoms with Gasteiger partial charge in [0.25, 0.3) is 0 Å². The summed E-state index contributed by atoms with van der Waals surface area (Å²) in [5.41, 5.74) is -0.494. The van der Waals surface area contributed by atoms with E-state index in [1.54, 1.807) is 6.07 Å². The van der Waals surface area contributed by atoms with Crippen LogP contribution in [-0.2, 0) is 4.74 Å². The minimum Gasteiger partial charge on any atom is -0.444 e. The molecule has 0 unspecified atom stereocenters. The normalized spacial score (nSPS) is 18.7. The molecule has 1 aliphatic heterocycles. The quantitative estimate of drug-likeness (QED) is 0.507. The zero-order chi connectivity index (χ0) is 17.0. The first-order valence-corrected chi connectivity index (χ1v) is 9.20. The van der Waals surface area contributed by atoms with E-state index >= 15 is 0 Å². The first-order valence-electron chi connectivity index (χ1n) is 7.60. The average Bonchev–Trinajstić information content (AvgIpc) is 2.44. The molecule has 1 amide bonds.